The van der Waals surface area contributed by atoms with E-state index >= 15 is 0 Å². The van der Waals surface area contributed by atoms with Crippen molar-refractivity contribution in [3.8, 4) is 0 Å². The Bertz CT molecular complexity index is 641. The van der Waals surface area contributed by atoms with Crippen molar-refractivity contribution in [2.24, 2.45) is 0 Å². The predicted molar refractivity (Wildman–Crippen MR) is 92.2 cm³/mol. The van der Waals surface area contributed by atoms with Gasteiger partial charge in [-0.25, -0.2) is 4.98 Å². The number of aromatic nitrogens is 1. The van der Waals surface area contributed by atoms with Crippen molar-refractivity contribution < 1.29 is 0 Å². The molecule has 1 aliphatic heterocycles. The summed E-state index contributed by atoms with van der Waals surface area (Å²) in [4.78, 5) is 8.97. The second-order valence-electron chi connectivity index (χ2n) is 5.03. The molecule has 3 rings (SSSR count). The van der Waals surface area contributed by atoms with Crippen molar-refractivity contribution in [2.75, 3.05) is 41.7 Å². The maximum Gasteiger partial charge on any atom is 0.147 e. The summed E-state index contributed by atoms with van der Waals surface area (Å²) in [5.74, 6) is 0.854. The minimum Gasteiger partial charge on any atom is -0.399 e. The van der Waals surface area contributed by atoms with Crippen LogP contribution in [0.25, 0.3) is 0 Å². The van der Waals surface area contributed by atoms with Crippen LogP contribution in [-0.4, -0.2) is 31.2 Å². The molecule has 2 N–H and O–H groups in total. The minimum absolute atomic E-state index is 0.682. The number of benzene rings is 1. The fourth-order valence-corrected chi connectivity index (χ4v) is 3.29. The Morgan fingerprint density at radius 2 is 1.81 bits per heavy atom. The zero-order valence-corrected chi connectivity index (χ0v) is 13.8. The largest absolute Gasteiger partial charge is 0.399 e. The lowest BCUT2D eigenvalue weighted by Crippen LogP contribution is -2.47. The molecule has 0 radical (unpaired) electrons. The number of rotatable bonds is 2. The fourth-order valence-electron chi connectivity index (χ4n) is 2.54. The Morgan fingerprint density at radius 1 is 1.10 bits per heavy atom. The van der Waals surface area contributed by atoms with Crippen molar-refractivity contribution >= 4 is 44.7 Å². The first-order valence-corrected chi connectivity index (χ1v) is 7.97. The number of nitrogens with zero attached hydrogens (tertiary/aromatic N) is 3. The number of pyridine rings is 1. The van der Waals surface area contributed by atoms with Crippen molar-refractivity contribution in [3.05, 3.63) is 46.0 Å². The molecule has 110 valence electrons. The second kappa shape index (κ2) is 6.12. The molecule has 1 fully saturated rings. The van der Waals surface area contributed by atoms with E-state index in [0.29, 0.717) is 5.02 Å². The van der Waals surface area contributed by atoms with Gasteiger partial charge in [-0.1, -0.05) is 17.7 Å². The highest BCUT2D eigenvalue weighted by molar-refractivity contribution is 9.10. The zero-order valence-electron chi connectivity index (χ0n) is 11.5. The number of halogens is 2. The van der Waals surface area contributed by atoms with Crippen LogP contribution in [0, 0.1) is 0 Å². The van der Waals surface area contributed by atoms with Gasteiger partial charge in [0.2, 0.25) is 0 Å². The highest BCUT2D eigenvalue weighted by atomic mass is 79.9. The summed E-state index contributed by atoms with van der Waals surface area (Å²) in [6.45, 7) is 3.64. The summed E-state index contributed by atoms with van der Waals surface area (Å²) < 4.78 is 0.898. The normalized spacial score (nSPS) is 15.3. The van der Waals surface area contributed by atoms with Gasteiger partial charge >= 0.3 is 0 Å². The molecule has 1 aliphatic rings. The number of hydrogen-bond donors (Lipinski definition) is 1. The predicted octanol–water partition coefficient (Wildman–Crippen LogP) is 3.41. The molecular formula is C15H16BrClN4. The zero-order chi connectivity index (χ0) is 14.8. The third kappa shape index (κ3) is 3.24. The van der Waals surface area contributed by atoms with E-state index in [0.717, 1.165) is 42.2 Å². The number of hydrogen-bond acceptors (Lipinski definition) is 4. The van der Waals surface area contributed by atoms with E-state index in [1.54, 1.807) is 6.20 Å². The van der Waals surface area contributed by atoms with Gasteiger partial charge in [-0.15, -0.1) is 0 Å². The van der Waals surface area contributed by atoms with Crippen LogP contribution in [0.4, 0.5) is 17.2 Å². The van der Waals surface area contributed by atoms with E-state index in [4.69, 9.17) is 17.3 Å². The lowest BCUT2D eigenvalue weighted by molar-refractivity contribution is 0.647. The van der Waals surface area contributed by atoms with E-state index in [9.17, 15) is 0 Å². The first-order chi connectivity index (χ1) is 10.1. The molecule has 21 heavy (non-hydrogen) atoms. The monoisotopic (exact) mass is 366 g/mol. The van der Waals surface area contributed by atoms with Gasteiger partial charge in [0.05, 0.1) is 5.02 Å². The maximum atomic E-state index is 6.27. The Hall–Kier alpha value is -1.46. The average Bonchev–Trinajstić information content (AvgIpc) is 2.47. The Balaban J connectivity index is 1.70. The highest BCUT2D eigenvalue weighted by Gasteiger charge is 2.20. The van der Waals surface area contributed by atoms with E-state index in [2.05, 4.69) is 36.8 Å². The molecular weight excluding hydrogens is 352 g/mol. The summed E-state index contributed by atoms with van der Waals surface area (Å²) in [5.41, 5.74) is 7.82. The lowest BCUT2D eigenvalue weighted by Gasteiger charge is -2.37. The number of anilines is 3. The van der Waals surface area contributed by atoms with Gasteiger partial charge in [0.25, 0.3) is 0 Å². The quantitative estimate of drug-likeness (QED) is 0.826. The van der Waals surface area contributed by atoms with E-state index in [1.807, 2.05) is 24.3 Å². The highest BCUT2D eigenvalue weighted by Crippen LogP contribution is 2.28. The molecule has 2 heterocycles. The molecule has 0 saturated carbocycles. The molecule has 4 nitrogen and oxygen atoms in total. The number of nitrogen functional groups attached to an aromatic ring is 1. The van der Waals surface area contributed by atoms with Gasteiger partial charge < -0.3 is 15.5 Å². The molecule has 6 heteroatoms. The molecule has 0 amide bonds. The Morgan fingerprint density at radius 3 is 2.48 bits per heavy atom. The van der Waals surface area contributed by atoms with Gasteiger partial charge in [-0.2, -0.15) is 0 Å². The first-order valence-electron chi connectivity index (χ1n) is 6.80. The minimum atomic E-state index is 0.682. The van der Waals surface area contributed by atoms with Crippen molar-refractivity contribution in [1.82, 2.24) is 4.98 Å². The second-order valence-corrected chi connectivity index (χ2v) is 6.35. The first kappa shape index (κ1) is 14.5. The van der Waals surface area contributed by atoms with Crippen LogP contribution in [0.5, 0.6) is 0 Å². The van der Waals surface area contributed by atoms with Gasteiger partial charge in [0.1, 0.15) is 5.82 Å². The van der Waals surface area contributed by atoms with Crippen LogP contribution in [0.15, 0.2) is 41.0 Å². The van der Waals surface area contributed by atoms with Crippen LogP contribution >= 0.6 is 27.5 Å². The molecule has 1 aromatic heterocycles. The molecule has 0 aliphatic carbocycles. The van der Waals surface area contributed by atoms with Gasteiger partial charge in [-0.05, 0) is 40.2 Å². The molecule has 0 bridgehead atoms. The Kier molecular flexibility index (Phi) is 4.22. The van der Waals surface area contributed by atoms with E-state index < -0.39 is 0 Å². The van der Waals surface area contributed by atoms with Crippen LogP contribution in [0.1, 0.15) is 0 Å². The summed E-state index contributed by atoms with van der Waals surface area (Å²) in [6.07, 6.45) is 1.78. The molecule has 1 aromatic carbocycles. The average molecular weight is 368 g/mol. The van der Waals surface area contributed by atoms with Crippen molar-refractivity contribution in [2.45, 2.75) is 0 Å². The van der Waals surface area contributed by atoms with Crippen molar-refractivity contribution in [3.63, 3.8) is 0 Å². The van der Waals surface area contributed by atoms with Gasteiger partial charge in [0, 0.05) is 48.2 Å². The summed E-state index contributed by atoms with van der Waals surface area (Å²) in [5, 5.41) is 0.682. The van der Waals surface area contributed by atoms with Crippen LogP contribution in [0.2, 0.25) is 5.02 Å². The number of piperazine rings is 1. The van der Waals surface area contributed by atoms with E-state index in [1.165, 1.54) is 5.69 Å². The smallest absolute Gasteiger partial charge is 0.147 e. The molecule has 2 aromatic rings. The fraction of sp³-hybridized carbons (Fsp3) is 0.267. The molecule has 1 saturated heterocycles. The summed E-state index contributed by atoms with van der Waals surface area (Å²) >= 11 is 9.65. The molecule has 0 atom stereocenters. The van der Waals surface area contributed by atoms with Crippen LogP contribution in [-0.2, 0) is 0 Å². The van der Waals surface area contributed by atoms with E-state index in [-0.39, 0.29) is 0 Å². The van der Waals surface area contributed by atoms with Crippen LogP contribution in [0.3, 0.4) is 0 Å². The third-order valence-corrected chi connectivity index (χ3v) is 4.31. The van der Waals surface area contributed by atoms with Gasteiger partial charge in [-0.3, -0.25) is 0 Å². The van der Waals surface area contributed by atoms with Crippen molar-refractivity contribution in [1.29, 1.82) is 0 Å². The van der Waals surface area contributed by atoms with Crippen LogP contribution < -0.4 is 15.5 Å². The standard InChI is InChI=1S/C15H16BrClN4/c16-11-8-14(17)15(19-10-11)21-6-4-20(5-7-21)13-3-1-2-12(18)9-13/h1-3,8-10H,4-7,18H2. The SMILES string of the molecule is Nc1cccc(N2CCN(c3ncc(Br)cc3Cl)CC2)c1. The topological polar surface area (TPSA) is 45.4 Å². The maximum absolute atomic E-state index is 6.27. The summed E-state index contributed by atoms with van der Waals surface area (Å²) in [7, 11) is 0. The molecule has 0 spiro atoms. The Labute approximate surface area is 137 Å². The van der Waals surface area contributed by atoms with Gasteiger partial charge in [0.15, 0.2) is 0 Å². The summed E-state index contributed by atoms with van der Waals surface area (Å²) in [6, 6.07) is 9.89. The third-order valence-electron chi connectivity index (χ3n) is 3.60. The molecule has 0 unspecified atom stereocenters. The lowest BCUT2D eigenvalue weighted by atomic mass is 10.2. The number of nitrogens with two attached hydrogens (primary N) is 1.